The summed E-state index contributed by atoms with van der Waals surface area (Å²) in [5.41, 5.74) is 0. The molecule has 0 fully saturated rings. The zero-order chi connectivity index (χ0) is 12.2. The summed E-state index contributed by atoms with van der Waals surface area (Å²) in [6.45, 7) is -0.0158. The lowest BCUT2D eigenvalue weighted by atomic mass is 10.3. The van der Waals surface area contributed by atoms with Gasteiger partial charge in [0.25, 0.3) is 0 Å². The van der Waals surface area contributed by atoms with Crippen LogP contribution in [-0.4, -0.2) is 29.4 Å². The van der Waals surface area contributed by atoms with Gasteiger partial charge in [0.05, 0.1) is 7.11 Å². The number of hydrogen-bond acceptors (Lipinski definition) is 5. The Hall–Kier alpha value is -1.34. The first kappa shape index (κ1) is 12.7. The van der Waals surface area contributed by atoms with E-state index in [1.165, 1.54) is 20.3 Å². The van der Waals surface area contributed by atoms with Gasteiger partial charge >= 0.3 is 10.2 Å². The molecular formula is C9H11FO5S. The highest BCUT2D eigenvalue weighted by Crippen LogP contribution is 2.30. The lowest BCUT2D eigenvalue weighted by molar-refractivity contribution is 0.0491. The lowest BCUT2D eigenvalue weighted by Crippen LogP contribution is -2.01. The Morgan fingerprint density at radius 3 is 2.44 bits per heavy atom. The second-order valence-electron chi connectivity index (χ2n) is 2.80. The number of hydrogen-bond donors (Lipinski definition) is 0. The van der Waals surface area contributed by atoms with E-state index in [-0.39, 0.29) is 18.3 Å². The fourth-order valence-corrected chi connectivity index (χ4v) is 1.52. The smallest absolute Gasteiger partial charge is 0.332 e. The van der Waals surface area contributed by atoms with Crippen molar-refractivity contribution in [3.05, 3.63) is 18.2 Å². The van der Waals surface area contributed by atoms with E-state index in [0.717, 1.165) is 12.1 Å². The van der Waals surface area contributed by atoms with Crippen molar-refractivity contribution < 1.29 is 26.5 Å². The van der Waals surface area contributed by atoms with Crippen LogP contribution in [0.5, 0.6) is 11.5 Å². The molecule has 16 heavy (non-hydrogen) atoms. The molecule has 7 heteroatoms. The predicted molar refractivity (Wildman–Crippen MR) is 53.8 cm³/mol. The minimum atomic E-state index is -4.74. The molecule has 0 radical (unpaired) electrons. The first-order valence-electron chi connectivity index (χ1n) is 4.23. The average Bonchev–Trinajstić information content (AvgIpc) is 2.24. The van der Waals surface area contributed by atoms with Crippen molar-refractivity contribution in [2.24, 2.45) is 0 Å². The second-order valence-corrected chi connectivity index (χ2v) is 4.15. The summed E-state index contributed by atoms with van der Waals surface area (Å²) >= 11 is 0. The molecule has 0 spiro atoms. The maximum Gasteiger partial charge on any atom is 0.332 e. The van der Waals surface area contributed by atoms with Crippen LogP contribution in [0.25, 0.3) is 0 Å². The molecule has 5 nitrogen and oxygen atoms in total. The fourth-order valence-electron chi connectivity index (χ4n) is 1.04. The van der Waals surface area contributed by atoms with Crippen molar-refractivity contribution >= 4 is 10.2 Å². The van der Waals surface area contributed by atoms with Gasteiger partial charge in [0.1, 0.15) is 4.90 Å². The molecule has 0 saturated carbocycles. The van der Waals surface area contributed by atoms with Crippen molar-refractivity contribution in [2.75, 3.05) is 21.0 Å². The van der Waals surface area contributed by atoms with Crippen LogP contribution in [0.1, 0.15) is 0 Å². The summed E-state index contributed by atoms with van der Waals surface area (Å²) in [4.78, 5) is -0.478. The molecule has 0 saturated heterocycles. The van der Waals surface area contributed by atoms with E-state index < -0.39 is 15.1 Å². The molecule has 1 aromatic carbocycles. The largest absolute Gasteiger partial charge is 0.493 e. The van der Waals surface area contributed by atoms with Crippen LogP contribution in [0.3, 0.4) is 0 Å². The second kappa shape index (κ2) is 5.13. The van der Waals surface area contributed by atoms with Crippen LogP contribution in [0, 0.1) is 0 Å². The molecule has 0 aromatic heterocycles. The normalized spacial score (nSPS) is 11.2. The minimum Gasteiger partial charge on any atom is -0.493 e. The number of benzene rings is 1. The van der Waals surface area contributed by atoms with Gasteiger partial charge in [-0.15, -0.1) is 3.89 Å². The summed E-state index contributed by atoms with van der Waals surface area (Å²) in [6.07, 6.45) is 0. The Bertz CT molecular complexity index is 457. The predicted octanol–water partition coefficient (Wildman–Crippen LogP) is 1.34. The Labute approximate surface area is 93.0 Å². The summed E-state index contributed by atoms with van der Waals surface area (Å²) in [5, 5.41) is 0. The highest BCUT2D eigenvalue weighted by Gasteiger charge is 2.15. The van der Waals surface area contributed by atoms with E-state index in [2.05, 4.69) is 4.74 Å². The quantitative estimate of drug-likeness (QED) is 0.583. The topological polar surface area (TPSA) is 61.8 Å². The van der Waals surface area contributed by atoms with E-state index in [9.17, 15) is 12.3 Å². The summed E-state index contributed by atoms with van der Waals surface area (Å²) in [7, 11) is -1.98. The van der Waals surface area contributed by atoms with Crippen molar-refractivity contribution in [3.8, 4) is 11.5 Å². The molecule has 0 heterocycles. The van der Waals surface area contributed by atoms with E-state index in [0.29, 0.717) is 0 Å². The third kappa shape index (κ3) is 3.07. The van der Waals surface area contributed by atoms with Crippen LogP contribution in [0.15, 0.2) is 23.1 Å². The molecule has 0 atom stereocenters. The molecule has 0 aliphatic heterocycles. The number of halogens is 1. The van der Waals surface area contributed by atoms with Gasteiger partial charge in [0, 0.05) is 13.2 Å². The first-order chi connectivity index (χ1) is 7.49. The van der Waals surface area contributed by atoms with Crippen LogP contribution in [-0.2, 0) is 15.0 Å². The van der Waals surface area contributed by atoms with E-state index in [4.69, 9.17) is 9.47 Å². The summed E-state index contributed by atoms with van der Waals surface area (Å²) in [5.74, 6) is 0.396. The van der Waals surface area contributed by atoms with Gasteiger partial charge < -0.3 is 14.2 Å². The molecule has 1 aromatic rings. The summed E-state index contributed by atoms with van der Waals surface area (Å²) < 4.78 is 48.6. The van der Waals surface area contributed by atoms with Crippen LogP contribution in [0.2, 0.25) is 0 Å². The van der Waals surface area contributed by atoms with Crippen LogP contribution < -0.4 is 9.47 Å². The van der Waals surface area contributed by atoms with Crippen molar-refractivity contribution in [3.63, 3.8) is 0 Å². The van der Waals surface area contributed by atoms with Gasteiger partial charge in [-0.2, -0.15) is 8.42 Å². The molecule has 0 aliphatic rings. The van der Waals surface area contributed by atoms with Crippen molar-refractivity contribution in [2.45, 2.75) is 4.90 Å². The number of methoxy groups -OCH3 is 2. The fraction of sp³-hybridized carbons (Fsp3) is 0.333. The molecule has 0 aliphatic carbocycles. The highest BCUT2D eigenvalue weighted by atomic mass is 32.3. The highest BCUT2D eigenvalue weighted by molar-refractivity contribution is 7.86. The molecule has 1 rings (SSSR count). The Kier molecular flexibility index (Phi) is 4.08. The molecule has 90 valence electrons. The zero-order valence-electron chi connectivity index (χ0n) is 8.77. The van der Waals surface area contributed by atoms with E-state index in [1.807, 2.05) is 0 Å². The minimum absolute atomic E-state index is 0.0158. The maximum absolute atomic E-state index is 12.7. The maximum atomic E-state index is 12.7. The Morgan fingerprint density at radius 1 is 1.25 bits per heavy atom. The SMILES string of the molecule is COCOc1ccc(S(=O)(=O)F)cc1OC. The number of rotatable bonds is 5. The van der Waals surface area contributed by atoms with Crippen LogP contribution in [0.4, 0.5) is 3.89 Å². The number of ether oxygens (including phenoxy) is 3. The van der Waals surface area contributed by atoms with Crippen molar-refractivity contribution in [1.82, 2.24) is 0 Å². The Balaban J connectivity index is 3.07. The van der Waals surface area contributed by atoms with E-state index >= 15 is 0 Å². The van der Waals surface area contributed by atoms with Gasteiger partial charge in [0.2, 0.25) is 0 Å². The Morgan fingerprint density at radius 2 is 1.94 bits per heavy atom. The van der Waals surface area contributed by atoms with Crippen molar-refractivity contribution in [1.29, 1.82) is 0 Å². The standard InChI is InChI=1S/C9H11FO5S/c1-13-6-15-8-4-3-7(16(10,11)12)5-9(8)14-2/h3-5H,6H2,1-2H3. The van der Waals surface area contributed by atoms with Gasteiger partial charge in [-0.1, -0.05) is 0 Å². The van der Waals surface area contributed by atoms with Gasteiger partial charge in [-0.25, -0.2) is 0 Å². The summed E-state index contributed by atoms with van der Waals surface area (Å²) in [6, 6.07) is 3.42. The molecule has 0 unspecified atom stereocenters. The molecule has 0 amide bonds. The van der Waals surface area contributed by atoms with Gasteiger partial charge in [-0.05, 0) is 12.1 Å². The first-order valence-corrected chi connectivity index (χ1v) is 5.62. The van der Waals surface area contributed by atoms with Gasteiger partial charge in [0.15, 0.2) is 18.3 Å². The van der Waals surface area contributed by atoms with Crippen LogP contribution >= 0.6 is 0 Å². The lowest BCUT2D eigenvalue weighted by Gasteiger charge is -2.10. The monoisotopic (exact) mass is 250 g/mol. The third-order valence-corrected chi connectivity index (χ3v) is 2.57. The zero-order valence-corrected chi connectivity index (χ0v) is 9.58. The van der Waals surface area contributed by atoms with E-state index in [1.54, 1.807) is 0 Å². The van der Waals surface area contributed by atoms with Gasteiger partial charge in [-0.3, -0.25) is 0 Å². The molecule has 0 bridgehead atoms. The third-order valence-electron chi connectivity index (χ3n) is 1.75. The molecule has 0 N–H and O–H groups in total. The average molecular weight is 250 g/mol. The molecular weight excluding hydrogens is 239 g/mol.